The summed E-state index contributed by atoms with van der Waals surface area (Å²) in [5, 5.41) is 2.42. The number of hydrogen-bond donors (Lipinski definition) is 1. The lowest BCUT2D eigenvalue weighted by Crippen LogP contribution is -2.58. The van der Waals surface area contributed by atoms with E-state index in [0.717, 1.165) is 19.7 Å². The zero-order valence-corrected chi connectivity index (χ0v) is 11.0. The predicted octanol–water partition coefficient (Wildman–Crippen LogP) is 0.840. The van der Waals surface area contributed by atoms with Crippen LogP contribution in [0.4, 0.5) is 0 Å². The van der Waals surface area contributed by atoms with Crippen LogP contribution in [0.3, 0.4) is 0 Å². The number of likely N-dealkylation sites (N-methyl/N-ethyl adjacent to an activating group) is 1. The van der Waals surface area contributed by atoms with E-state index in [4.69, 9.17) is 4.74 Å². The normalized spacial score (nSPS) is 34.8. The minimum absolute atomic E-state index is 0.266. The zero-order valence-electron chi connectivity index (χ0n) is 11.0. The summed E-state index contributed by atoms with van der Waals surface area (Å²) in [6.07, 6.45) is 6.33. The first-order valence-corrected chi connectivity index (χ1v) is 7.09. The van der Waals surface area contributed by atoms with E-state index in [2.05, 4.69) is 22.4 Å². The van der Waals surface area contributed by atoms with Gasteiger partial charge in [0.2, 0.25) is 0 Å². The van der Waals surface area contributed by atoms with E-state index in [0.29, 0.717) is 6.04 Å². The fraction of sp³-hybridized carbons (Fsp3) is 1.00. The Morgan fingerprint density at radius 3 is 2.59 bits per heavy atom. The Hall–Kier alpha value is -0.160. The highest BCUT2D eigenvalue weighted by Crippen LogP contribution is 2.42. The van der Waals surface area contributed by atoms with E-state index in [1.165, 1.54) is 45.2 Å². The molecule has 3 rings (SSSR count). The standard InChI is InChI=1S/C13H25N3O/c1-15-6-8-16(9-7-15)14-12-3-10-17-13(11-12)4-2-5-13/h12,14H,2-11H2,1H3. The minimum atomic E-state index is 0.266. The van der Waals surface area contributed by atoms with E-state index < -0.39 is 0 Å². The second kappa shape index (κ2) is 4.84. The largest absolute Gasteiger partial charge is 0.375 e. The number of ether oxygens (including phenoxy) is 1. The molecule has 0 aromatic heterocycles. The van der Waals surface area contributed by atoms with Crippen molar-refractivity contribution >= 4 is 0 Å². The van der Waals surface area contributed by atoms with Crippen molar-refractivity contribution in [2.24, 2.45) is 0 Å². The van der Waals surface area contributed by atoms with E-state index in [-0.39, 0.29) is 5.60 Å². The molecule has 2 aliphatic heterocycles. The maximum Gasteiger partial charge on any atom is 0.0698 e. The quantitative estimate of drug-likeness (QED) is 0.773. The summed E-state index contributed by atoms with van der Waals surface area (Å²) in [5.74, 6) is 0. The topological polar surface area (TPSA) is 27.7 Å². The second-order valence-corrected chi connectivity index (χ2v) is 5.99. The molecule has 1 N–H and O–H groups in total. The summed E-state index contributed by atoms with van der Waals surface area (Å²) in [4.78, 5) is 2.40. The predicted molar refractivity (Wildman–Crippen MR) is 67.8 cm³/mol. The molecule has 17 heavy (non-hydrogen) atoms. The maximum absolute atomic E-state index is 5.97. The molecule has 0 radical (unpaired) electrons. The van der Waals surface area contributed by atoms with Crippen molar-refractivity contribution in [1.29, 1.82) is 0 Å². The smallest absolute Gasteiger partial charge is 0.0698 e. The lowest BCUT2D eigenvalue weighted by molar-refractivity contribution is -0.142. The van der Waals surface area contributed by atoms with Crippen molar-refractivity contribution < 1.29 is 4.74 Å². The summed E-state index contributed by atoms with van der Waals surface area (Å²) in [5.41, 5.74) is 3.99. The molecule has 1 spiro atoms. The third kappa shape index (κ3) is 2.65. The van der Waals surface area contributed by atoms with Gasteiger partial charge in [0.05, 0.1) is 5.60 Å². The minimum Gasteiger partial charge on any atom is -0.375 e. The van der Waals surface area contributed by atoms with Gasteiger partial charge in [-0.25, -0.2) is 5.01 Å². The molecule has 1 aliphatic carbocycles. The van der Waals surface area contributed by atoms with Crippen LogP contribution < -0.4 is 5.43 Å². The van der Waals surface area contributed by atoms with Crippen LogP contribution in [0.2, 0.25) is 0 Å². The lowest BCUT2D eigenvalue weighted by Gasteiger charge is -2.48. The molecule has 98 valence electrons. The SMILES string of the molecule is CN1CCN(NC2CCOC3(CCC3)C2)CC1. The van der Waals surface area contributed by atoms with Crippen LogP contribution in [-0.4, -0.2) is 61.4 Å². The van der Waals surface area contributed by atoms with Gasteiger partial charge in [-0.05, 0) is 39.2 Å². The number of hydrazine groups is 1. The Morgan fingerprint density at radius 2 is 1.94 bits per heavy atom. The Balaban J connectivity index is 1.48. The Kier molecular flexibility index (Phi) is 3.39. The van der Waals surface area contributed by atoms with Gasteiger partial charge in [-0.1, -0.05) is 0 Å². The van der Waals surface area contributed by atoms with Crippen LogP contribution in [0.15, 0.2) is 0 Å². The highest BCUT2D eigenvalue weighted by molar-refractivity contribution is 4.95. The molecule has 2 heterocycles. The van der Waals surface area contributed by atoms with Gasteiger partial charge in [0, 0.05) is 38.8 Å². The van der Waals surface area contributed by atoms with Crippen LogP contribution in [0.25, 0.3) is 0 Å². The van der Waals surface area contributed by atoms with Gasteiger partial charge in [0.15, 0.2) is 0 Å². The molecule has 2 saturated heterocycles. The van der Waals surface area contributed by atoms with Gasteiger partial charge in [-0.15, -0.1) is 0 Å². The zero-order chi connectivity index (χ0) is 11.7. The monoisotopic (exact) mass is 239 g/mol. The summed E-state index contributed by atoms with van der Waals surface area (Å²) >= 11 is 0. The van der Waals surface area contributed by atoms with E-state index >= 15 is 0 Å². The molecular formula is C13H25N3O. The number of nitrogens with zero attached hydrogens (tertiary/aromatic N) is 2. The number of piperazine rings is 1. The third-order valence-corrected chi connectivity index (χ3v) is 4.63. The average Bonchev–Trinajstić information content (AvgIpc) is 2.31. The Bertz CT molecular complexity index is 259. The first kappa shape index (κ1) is 11.9. The number of rotatable bonds is 2. The highest BCUT2D eigenvalue weighted by Gasteiger charge is 2.42. The summed E-state index contributed by atoms with van der Waals surface area (Å²) in [7, 11) is 2.20. The summed E-state index contributed by atoms with van der Waals surface area (Å²) in [6.45, 7) is 5.62. The Morgan fingerprint density at radius 1 is 1.18 bits per heavy atom. The molecule has 0 aromatic carbocycles. The Labute approximate surface area is 104 Å². The third-order valence-electron chi connectivity index (χ3n) is 4.63. The van der Waals surface area contributed by atoms with E-state index in [1.807, 2.05) is 0 Å². The van der Waals surface area contributed by atoms with Crippen molar-refractivity contribution in [2.45, 2.75) is 43.7 Å². The molecule has 3 aliphatic rings. The molecule has 1 atom stereocenters. The second-order valence-electron chi connectivity index (χ2n) is 5.99. The molecule has 4 nitrogen and oxygen atoms in total. The fourth-order valence-corrected chi connectivity index (χ4v) is 3.25. The molecule has 0 aromatic rings. The summed E-state index contributed by atoms with van der Waals surface area (Å²) < 4.78 is 5.97. The number of hydrogen-bond acceptors (Lipinski definition) is 4. The highest BCUT2D eigenvalue weighted by atomic mass is 16.5. The van der Waals surface area contributed by atoms with Gasteiger partial charge in [-0.3, -0.25) is 5.43 Å². The molecule has 1 unspecified atom stereocenters. The summed E-state index contributed by atoms with van der Waals surface area (Å²) in [6, 6.07) is 0.646. The van der Waals surface area contributed by atoms with Crippen LogP contribution in [-0.2, 0) is 4.74 Å². The fourth-order valence-electron chi connectivity index (χ4n) is 3.25. The van der Waals surface area contributed by atoms with Crippen LogP contribution >= 0.6 is 0 Å². The molecule has 4 heteroatoms. The molecule has 0 bridgehead atoms. The van der Waals surface area contributed by atoms with Gasteiger partial charge >= 0.3 is 0 Å². The van der Waals surface area contributed by atoms with Crippen LogP contribution in [0.1, 0.15) is 32.1 Å². The average molecular weight is 239 g/mol. The van der Waals surface area contributed by atoms with Crippen molar-refractivity contribution in [3.8, 4) is 0 Å². The first-order valence-electron chi connectivity index (χ1n) is 7.09. The number of nitrogens with one attached hydrogen (secondary N) is 1. The maximum atomic E-state index is 5.97. The molecule has 1 saturated carbocycles. The van der Waals surface area contributed by atoms with Crippen molar-refractivity contribution in [3.63, 3.8) is 0 Å². The first-order chi connectivity index (χ1) is 8.26. The van der Waals surface area contributed by atoms with Gasteiger partial charge < -0.3 is 9.64 Å². The lowest BCUT2D eigenvalue weighted by atomic mass is 9.74. The van der Waals surface area contributed by atoms with Crippen molar-refractivity contribution in [2.75, 3.05) is 39.8 Å². The van der Waals surface area contributed by atoms with E-state index in [9.17, 15) is 0 Å². The van der Waals surface area contributed by atoms with Crippen LogP contribution in [0.5, 0.6) is 0 Å². The molecule has 3 fully saturated rings. The van der Waals surface area contributed by atoms with Gasteiger partial charge in [0.25, 0.3) is 0 Å². The van der Waals surface area contributed by atoms with Gasteiger partial charge in [-0.2, -0.15) is 0 Å². The molecular weight excluding hydrogens is 214 g/mol. The van der Waals surface area contributed by atoms with E-state index in [1.54, 1.807) is 0 Å². The van der Waals surface area contributed by atoms with Crippen molar-refractivity contribution in [3.05, 3.63) is 0 Å². The molecule has 0 amide bonds. The van der Waals surface area contributed by atoms with Crippen LogP contribution in [0, 0.1) is 0 Å². The van der Waals surface area contributed by atoms with Gasteiger partial charge in [0.1, 0.15) is 0 Å². The van der Waals surface area contributed by atoms with Crippen molar-refractivity contribution in [1.82, 2.24) is 15.3 Å².